The quantitative estimate of drug-likeness (QED) is 0.0870. The molecule has 0 heterocycles. The van der Waals surface area contributed by atoms with E-state index in [2.05, 4.69) is 0 Å². The fraction of sp³-hybridized carbons (Fsp3) is 0.400. The second kappa shape index (κ2) is 14.2. The number of aromatic hydroxyl groups is 8. The standard InChI is InChI=1S/C40H48O8/c1-5-9-21-25-16-39(47)40(48)17-26(25)22(10-6-2)28-14-30(36(44)19-34(28)42)24(12-8-4)32-15-31(37(45)20-38(32)46)23(11-7-3)29-13-27(21)33(41)18-35(29)43/h13-24,41-48H,5-12H2,1-4H3. The fourth-order valence-electron chi connectivity index (χ4n) is 7.79. The van der Waals surface area contributed by atoms with Gasteiger partial charge < -0.3 is 40.9 Å². The van der Waals surface area contributed by atoms with Gasteiger partial charge in [0.2, 0.25) is 0 Å². The van der Waals surface area contributed by atoms with Crippen LogP contribution in [0.4, 0.5) is 0 Å². The van der Waals surface area contributed by atoms with Crippen LogP contribution in [-0.2, 0) is 0 Å². The van der Waals surface area contributed by atoms with Gasteiger partial charge in [0.05, 0.1) is 0 Å². The summed E-state index contributed by atoms with van der Waals surface area (Å²) in [6, 6.07) is 12.3. The summed E-state index contributed by atoms with van der Waals surface area (Å²) in [6.07, 6.45) is 4.96. The van der Waals surface area contributed by atoms with Gasteiger partial charge in [-0.25, -0.2) is 0 Å². The van der Waals surface area contributed by atoms with Crippen LogP contribution in [0.25, 0.3) is 0 Å². The summed E-state index contributed by atoms with van der Waals surface area (Å²) in [4.78, 5) is 0. The fourth-order valence-corrected chi connectivity index (χ4v) is 7.79. The van der Waals surface area contributed by atoms with Crippen molar-refractivity contribution in [1.82, 2.24) is 0 Å². The molecule has 4 aromatic carbocycles. The van der Waals surface area contributed by atoms with E-state index in [1.807, 2.05) is 27.7 Å². The third-order valence-electron chi connectivity index (χ3n) is 10.0. The monoisotopic (exact) mass is 656 g/mol. The molecule has 8 heteroatoms. The normalized spacial score (nSPS) is 18.9. The van der Waals surface area contributed by atoms with E-state index in [0.29, 0.717) is 95.9 Å². The maximum atomic E-state index is 11.4. The summed E-state index contributed by atoms with van der Waals surface area (Å²) < 4.78 is 0. The lowest BCUT2D eigenvalue weighted by atomic mass is 9.76. The molecule has 0 aliphatic heterocycles. The lowest BCUT2D eigenvalue weighted by Crippen LogP contribution is -2.12. The van der Waals surface area contributed by atoms with Crippen molar-refractivity contribution in [3.63, 3.8) is 0 Å². The average molecular weight is 657 g/mol. The molecule has 6 bridgehead atoms. The van der Waals surface area contributed by atoms with Crippen molar-refractivity contribution in [3.05, 3.63) is 93.0 Å². The number of phenolic OH excluding ortho intramolecular Hbond substituents is 8. The zero-order valence-corrected chi connectivity index (χ0v) is 28.2. The number of hydrogen-bond donors (Lipinski definition) is 8. The van der Waals surface area contributed by atoms with E-state index in [1.54, 1.807) is 18.2 Å². The number of hydrogen-bond acceptors (Lipinski definition) is 8. The summed E-state index contributed by atoms with van der Waals surface area (Å²) in [5.41, 5.74) is 4.31. The van der Waals surface area contributed by atoms with Gasteiger partial charge in [0.15, 0.2) is 11.5 Å². The van der Waals surface area contributed by atoms with Crippen molar-refractivity contribution in [1.29, 1.82) is 0 Å². The molecule has 4 unspecified atom stereocenters. The summed E-state index contributed by atoms with van der Waals surface area (Å²) >= 11 is 0. The molecule has 1 aliphatic rings. The van der Waals surface area contributed by atoms with E-state index < -0.39 is 23.7 Å². The smallest absolute Gasteiger partial charge is 0.157 e. The third kappa shape index (κ3) is 6.28. The molecule has 8 N–H and O–H groups in total. The Bertz CT molecular complexity index is 1670. The van der Waals surface area contributed by atoms with Gasteiger partial charge in [0.25, 0.3) is 0 Å². The van der Waals surface area contributed by atoms with E-state index in [1.165, 1.54) is 30.3 Å². The Hall–Kier alpha value is -4.72. The Morgan fingerprint density at radius 3 is 0.708 bits per heavy atom. The lowest BCUT2D eigenvalue weighted by molar-refractivity contribution is 0.400. The molecule has 48 heavy (non-hydrogen) atoms. The molecule has 1 aliphatic carbocycles. The number of rotatable bonds is 8. The molecule has 0 amide bonds. The molecular formula is C40H48O8. The van der Waals surface area contributed by atoms with E-state index >= 15 is 0 Å². The van der Waals surface area contributed by atoms with Crippen molar-refractivity contribution in [3.8, 4) is 46.0 Å². The van der Waals surface area contributed by atoms with Crippen LogP contribution < -0.4 is 0 Å². The minimum absolute atomic E-state index is 0.131. The van der Waals surface area contributed by atoms with Crippen LogP contribution in [0.5, 0.6) is 46.0 Å². The molecule has 0 fully saturated rings. The molecule has 5 rings (SSSR count). The lowest BCUT2D eigenvalue weighted by Gasteiger charge is -2.29. The molecule has 0 radical (unpaired) electrons. The van der Waals surface area contributed by atoms with Gasteiger partial charge in [-0.05, 0) is 67.1 Å². The first-order chi connectivity index (χ1) is 22.9. The van der Waals surface area contributed by atoms with Crippen molar-refractivity contribution >= 4 is 0 Å². The topological polar surface area (TPSA) is 162 Å². The summed E-state index contributed by atoms with van der Waals surface area (Å²) in [6.45, 7) is 8.03. The largest absolute Gasteiger partial charge is 0.508 e. The van der Waals surface area contributed by atoms with E-state index in [0.717, 1.165) is 0 Å². The van der Waals surface area contributed by atoms with Crippen molar-refractivity contribution < 1.29 is 40.9 Å². The predicted molar refractivity (Wildman–Crippen MR) is 186 cm³/mol. The molecule has 0 aromatic heterocycles. The molecule has 0 saturated carbocycles. The number of fused-ring (bicyclic) bond motifs is 7. The first-order valence-electron chi connectivity index (χ1n) is 17.2. The molecule has 256 valence electrons. The van der Waals surface area contributed by atoms with Crippen LogP contribution in [0, 0.1) is 0 Å². The first-order valence-corrected chi connectivity index (χ1v) is 17.2. The second-order valence-corrected chi connectivity index (χ2v) is 13.2. The van der Waals surface area contributed by atoms with Crippen LogP contribution in [0.3, 0.4) is 0 Å². The number of phenols is 8. The molecule has 0 spiro atoms. The zero-order valence-electron chi connectivity index (χ0n) is 28.2. The highest BCUT2D eigenvalue weighted by molar-refractivity contribution is 5.62. The Balaban J connectivity index is 1.99. The first kappa shape index (κ1) is 34.6. The van der Waals surface area contributed by atoms with Gasteiger partial charge in [-0.2, -0.15) is 0 Å². The van der Waals surface area contributed by atoms with Crippen molar-refractivity contribution in [2.75, 3.05) is 0 Å². The molecular weight excluding hydrogens is 608 g/mol. The predicted octanol–water partition coefficient (Wildman–Crippen LogP) is 9.37. The molecule has 4 atom stereocenters. The Kier molecular flexibility index (Phi) is 10.2. The van der Waals surface area contributed by atoms with Crippen molar-refractivity contribution in [2.24, 2.45) is 0 Å². The maximum absolute atomic E-state index is 11.4. The van der Waals surface area contributed by atoms with Crippen LogP contribution in [0.15, 0.2) is 48.5 Å². The van der Waals surface area contributed by atoms with Gasteiger partial charge in [0.1, 0.15) is 34.5 Å². The van der Waals surface area contributed by atoms with E-state index in [9.17, 15) is 40.9 Å². The second-order valence-electron chi connectivity index (χ2n) is 13.2. The van der Waals surface area contributed by atoms with Gasteiger partial charge in [-0.3, -0.25) is 0 Å². The summed E-state index contributed by atoms with van der Waals surface area (Å²) in [5.74, 6) is -3.48. The Morgan fingerprint density at radius 1 is 0.292 bits per heavy atom. The number of benzene rings is 4. The molecule has 0 saturated heterocycles. The highest BCUT2D eigenvalue weighted by atomic mass is 16.3. The van der Waals surface area contributed by atoms with Crippen LogP contribution in [-0.4, -0.2) is 40.9 Å². The Morgan fingerprint density at radius 2 is 0.500 bits per heavy atom. The maximum Gasteiger partial charge on any atom is 0.157 e. The van der Waals surface area contributed by atoms with Gasteiger partial charge in [-0.1, -0.05) is 53.4 Å². The summed E-state index contributed by atoms with van der Waals surface area (Å²) in [5, 5.41) is 89.9. The zero-order chi connectivity index (χ0) is 34.9. The summed E-state index contributed by atoms with van der Waals surface area (Å²) in [7, 11) is 0. The highest BCUT2D eigenvalue weighted by Crippen LogP contribution is 2.52. The Labute approximate surface area is 282 Å². The van der Waals surface area contributed by atoms with Crippen LogP contribution in [0.1, 0.15) is 147 Å². The van der Waals surface area contributed by atoms with Gasteiger partial charge in [-0.15, -0.1) is 0 Å². The minimum atomic E-state index is -0.520. The van der Waals surface area contributed by atoms with Crippen LogP contribution in [0.2, 0.25) is 0 Å². The average Bonchev–Trinajstić information content (AvgIpc) is 3.03. The third-order valence-corrected chi connectivity index (χ3v) is 10.0. The van der Waals surface area contributed by atoms with E-state index in [4.69, 9.17) is 0 Å². The minimum Gasteiger partial charge on any atom is -0.508 e. The molecule has 4 aromatic rings. The van der Waals surface area contributed by atoms with E-state index in [-0.39, 0.29) is 46.0 Å². The van der Waals surface area contributed by atoms with Crippen molar-refractivity contribution in [2.45, 2.75) is 103 Å². The SMILES string of the molecule is CCCC1c2cc(c(O)cc2O)C(CCC)c2cc(c(O)cc2O)C(CCC)c2cc(O)c(O)cc2C(CCC)c2cc1c(O)cc2O. The van der Waals surface area contributed by atoms with Crippen LogP contribution >= 0.6 is 0 Å². The van der Waals surface area contributed by atoms with Gasteiger partial charge in [0, 0.05) is 75.3 Å². The molecule has 8 nitrogen and oxygen atoms in total. The van der Waals surface area contributed by atoms with Gasteiger partial charge >= 0.3 is 0 Å². The highest BCUT2D eigenvalue weighted by Gasteiger charge is 2.33.